The third kappa shape index (κ3) is 41.1. The van der Waals surface area contributed by atoms with E-state index in [4.69, 9.17) is 5.11 Å². The number of hydrogen-bond donors (Lipinski definition) is 1. The molecule has 0 aliphatic carbocycles. The fourth-order valence-electron chi connectivity index (χ4n) is 0.500. The third-order valence-corrected chi connectivity index (χ3v) is 0.957. The summed E-state index contributed by atoms with van der Waals surface area (Å²) in [5, 5.41) is 7.00. The summed E-state index contributed by atoms with van der Waals surface area (Å²) >= 11 is 4.64. The maximum absolute atomic E-state index is 7.00. The molecule has 0 heterocycles. The molecule has 0 amide bonds. The quantitative estimate of drug-likeness (QED) is 0.508. The van der Waals surface area contributed by atoms with Crippen LogP contribution in [0.15, 0.2) is 0 Å². The molecule has 0 saturated carbocycles. The molecular formula is C8H21ClO. The second-order valence-corrected chi connectivity index (χ2v) is 1.71. The highest BCUT2D eigenvalue weighted by Crippen LogP contribution is 1.95. The molecule has 1 N–H and O–H groups in total. The molecule has 0 bridgehead atoms. The predicted octanol–water partition coefficient (Wildman–Crippen LogP) is 3.05. The van der Waals surface area contributed by atoms with E-state index in [9.17, 15) is 0 Å². The largest absolute Gasteiger partial charge is 0.400 e. The van der Waals surface area contributed by atoms with Crippen LogP contribution < -0.4 is 0 Å². The molecule has 0 unspecified atom stereocenters. The molecule has 10 heavy (non-hydrogen) atoms. The number of alkyl halides is 1. The SMILES string of the molecule is CCCCCC.CCl.CO. The molecule has 0 fully saturated rings. The molecule has 2 heteroatoms. The second-order valence-electron chi connectivity index (χ2n) is 1.71. The van der Waals surface area contributed by atoms with E-state index in [1.807, 2.05) is 0 Å². The van der Waals surface area contributed by atoms with Gasteiger partial charge in [0, 0.05) is 13.5 Å². The van der Waals surface area contributed by atoms with Crippen molar-refractivity contribution in [3.8, 4) is 0 Å². The van der Waals surface area contributed by atoms with Crippen molar-refractivity contribution < 1.29 is 5.11 Å². The van der Waals surface area contributed by atoms with Crippen LogP contribution in [-0.2, 0) is 0 Å². The molecule has 0 aliphatic rings. The Balaban J connectivity index is -0.000000105. The maximum atomic E-state index is 7.00. The smallest absolute Gasteiger partial charge is 0.0319 e. The third-order valence-electron chi connectivity index (χ3n) is 0.957. The summed E-state index contributed by atoms with van der Waals surface area (Å²) in [4.78, 5) is 0. The van der Waals surface area contributed by atoms with E-state index < -0.39 is 0 Å². The Morgan fingerprint density at radius 3 is 1.20 bits per heavy atom. The van der Waals surface area contributed by atoms with Gasteiger partial charge in [-0.3, -0.25) is 0 Å². The summed E-state index contributed by atoms with van der Waals surface area (Å²) < 4.78 is 0. The molecule has 0 spiro atoms. The van der Waals surface area contributed by atoms with Crippen molar-refractivity contribution in [1.82, 2.24) is 0 Å². The Kier molecular flexibility index (Phi) is 58.2. The zero-order valence-corrected chi connectivity index (χ0v) is 8.41. The fourth-order valence-corrected chi connectivity index (χ4v) is 0.500. The summed E-state index contributed by atoms with van der Waals surface area (Å²) in [5.74, 6) is 0. The predicted molar refractivity (Wildman–Crippen MR) is 49.7 cm³/mol. The minimum Gasteiger partial charge on any atom is -0.400 e. The number of aliphatic hydroxyl groups is 1. The van der Waals surface area contributed by atoms with Gasteiger partial charge in [-0.25, -0.2) is 0 Å². The fraction of sp³-hybridized carbons (Fsp3) is 1.00. The molecule has 0 aliphatic heterocycles. The first-order valence-electron chi connectivity index (χ1n) is 3.74. The lowest BCUT2D eigenvalue weighted by atomic mass is 10.2. The number of rotatable bonds is 3. The van der Waals surface area contributed by atoms with E-state index >= 15 is 0 Å². The van der Waals surface area contributed by atoms with E-state index in [2.05, 4.69) is 25.4 Å². The minimum absolute atomic E-state index is 1.00. The molecule has 66 valence electrons. The molecule has 0 radical (unpaired) electrons. The van der Waals surface area contributed by atoms with Crippen LogP contribution in [0.25, 0.3) is 0 Å². The van der Waals surface area contributed by atoms with Gasteiger partial charge in [0.25, 0.3) is 0 Å². The number of halogens is 1. The van der Waals surface area contributed by atoms with Gasteiger partial charge < -0.3 is 5.11 Å². The Morgan fingerprint density at radius 1 is 0.900 bits per heavy atom. The van der Waals surface area contributed by atoms with Gasteiger partial charge in [0.05, 0.1) is 0 Å². The van der Waals surface area contributed by atoms with Gasteiger partial charge in [0.15, 0.2) is 0 Å². The first kappa shape index (κ1) is 16.7. The second kappa shape index (κ2) is 34.9. The zero-order valence-electron chi connectivity index (χ0n) is 7.65. The lowest BCUT2D eigenvalue weighted by molar-refractivity contribution is 0.399. The van der Waals surface area contributed by atoms with E-state index in [1.165, 1.54) is 32.1 Å². The van der Waals surface area contributed by atoms with Crippen LogP contribution in [0.5, 0.6) is 0 Å². The Bertz CT molecular complexity index is 21.2. The minimum atomic E-state index is 1.00. The van der Waals surface area contributed by atoms with Crippen molar-refractivity contribution in [2.75, 3.05) is 13.5 Å². The van der Waals surface area contributed by atoms with Crippen LogP contribution in [0.3, 0.4) is 0 Å². The van der Waals surface area contributed by atoms with Crippen molar-refractivity contribution in [3.05, 3.63) is 0 Å². The highest BCUT2D eigenvalue weighted by molar-refractivity contribution is 6.15. The van der Waals surface area contributed by atoms with Crippen LogP contribution >= 0.6 is 11.6 Å². The van der Waals surface area contributed by atoms with Gasteiger partial charge in [-0.15, -0.1) is 11.6 Å². The van der Waals surface area contributed by atoms with E-state index in [0.717, 1.165) is 7.11 Å². The van der Waals surface area contributed by atoms with Crippen molar-refractivity contribution >= 4 is 11.6 Å². The van der Waals surface area contributed by atoms with Crippen molar-refractivity contribution in [2.24, 2.45) is 0 Å². The van der Waals surface area contributed by atoms with E-state index in [1.54, 1.807) is 0 Å². The number of hydrogen-bond acceptors (Lipinski definition) is 1. The van der Waals surface area contributed by atoms with Gasteiger partial charge >= 0.3 is 0 Å². The highest BCUT2D eigenvalue weighted by Gasteiger charge is 1.75. The summed E-state index contributed by atoms with van der Waals surface area (Å²) in [6.07, 6.45) is 7.01. The zero-order chi connectivity index (χ0) is 8.83. The lowest BCUT2D eigenvalue weighted by Crippen LogP contribution is -1.66. The molecule has 0 aromatic rings. The standard InChI is InChI=1S/C6H14.CH3Cl.CH4O/c1-3-5-6-4-2;2*1-2/h3-6H2,1-2H3;1H3;2H,1H3. The van der Waals surface area contributed by atoms with Crippen molar-refractivity contribution in [1.29, 1.82) is 0 Å². The van der Waals surface area contributed by atoms with Crippen LogP contribution in [0.4, 0.5) is 0 Å². The average Bonchev–Trinajstić information content (AvgIpc) is 2.08. The van der Waals surface area contributed by atoms with Gasteiger partial charge in [-0.2, -0.15) is 0 Å². The maximum Gasteiger partial charge on any atom is 0.0319 e. The summed E-state index contributed by atoms with van der Waals surface area (Å²) in [5.41, 5.74) is 0. The first-order valence-corrected chi connectivity index (χ1v) is 4.50. The number of aliphatic hydroxyl groups excluding tert-OH is 1. The molecular weight excluding hydrogens is 148 g/mol. The van der Waals surface area contributed by atoms with Gasteiger partial charge in [-0.1, -0.05) is 39.5 Å². The van der Waals surface area contributed by atoms with E-state index in [0.29, 0.717) is 0 Å². The van der Waals surface area contributed by atoms with Gasteiger partial charge in [0.2, 0.25) is 0 Å². The van der Waals surface area contributed by atoms with Crippen LogP contribution in [0.1, 0.15) is 39.5 Å². The van der Waals surface area contributed by atoms with Crippen molar-refractivity contribution in [3.63, 3.8) is 0 Å². The normalized spacial score (nSPS) is 6.60. The van der Waals surface area contributed by atoms with Crippen LogP contribution in [0.2, 0.25) is 0 Å². The summed E-state index contributed by atoms with van der Waals surface area (Å²) in [6.45, 7) is 4.46. The molecule has 0 aromatic heterocycles. The topological polar surface area (TPSA) is 20.2 Å². The van der Waals surface area contributed by atoms with Crippen LogP contribution in [0, 0.1) is 0 Å². The Morgan fingerprint density at radius 2 is 1.10 bits per heavy atom. The lowest BCUT2D eigenvalue weighted by Gasteiger charge is -1.86. The first-order chi connectivity index (χ1) is 4.91. The average molecular weight is 169 g/mol. The molecule has 0 atom stereocenters. The van der Waals surface area contributed by atoms with Crippen molar-refractivity contribution in [2.45, 2.75) is 39.5 Å². The van der Waals surface area contributed by atoms with Gasteiger partial charge in [-0.05, 0) is 0 Å². The highest BCUT2D eigenvalue weighted by atomic mass is 35.5. The monoisotopic (exact) mass is 168 g/mol. The van der Waals surface area contributed by atoms with Crippen LogP contribution in [-0.4, -0.2) is 18.6 Å². The molecule has 0 saturated heterocycles. The molecule has 1 nitrogen and oxygen atoms in total. The molecule has 0 aromatic carbocycles. The Labute approximate surface area is 70.4 Å². The van der Waals surface area contributed by atoms with E-state index in [-0.39, 0.29) is 0 Å². The molecule has 0 rings (SSSR count). The summed E-state index contributed by atoms with van der Waals surface area (Å²) in [6, 6.07) is 0. The Hall–Kier alpha value is 0.250. The van der Waals surface area contributed by atoms with Gasteiger partial charge in [0.1, 0.15) is 0 Å². The number of unbranched alkanes of at least 4 members (excludes halogenated alkanes) is 3. The summed E-state index contributed by atoms with van der Waals surface area (Å²) in [7, 11) is 1.00.